The topological polar surface area (TPSA) is 20.2 Å². The molecule has 0 saturated heterocycles. The van der Waals surface area contributed by atoms with Crippen LogP contribution in [0.5, 0.6) is 0 Å². The van der Waals surface area contributed by atoms with Gasteiger partial charge in [0.25, 0.3) is 0 Å². The molecular weight excluding hydrogens is 136 g/mol. The summed E-state index contributed by atoms with van der Waals surface area (Å²) >= 11 is 0. The largest absolute Gasteiger partial charge is 0.392 e. The fourth-order valence-corrected chi connectivity index (χ4v) is 1.91. The number of aliphatic hydroxyl groups excluding tert-OH is 1. The fraction of sp³-hybridized carbons (Fsp3) is 0.600. The van der Waals surface area contributed by atoms with E-state index in [0.717, 1.165) is 25.7 Å². The number of aliphatic hydroxyl groups is 1. The van der Waals surface area contributed by atoms with E-state index >= 15 is 0 Å². The number of hydrogen-bond donors (Lipinski definition) is 1. The molecule has 1 rings (SSSR count). The highest BCUT2D eigenvalue weighted by molar-refractivity contribution is 5.06. The molecule has 0 aliphatic heterocycles. The normalized spacial score (nSPS) is 37.0. The molecule has 1 heteroatoms. The van der Waals surface area contributed by atoms with Crippen LogP contribution in [0, 0.1) is 5.41 Å². The summed E-state index contributed by atoms with van der Waals surface area (Å²) in [5.41, 5.74) is -0.0538. The molecule has 0 spiro atoms. The molecule has 0 aromatic heterocycles. The van der Waals surface area contributed by atoms with Crippen molar-refractivity contribution in [2.45, 2.75) is 31.8 Å². The Morgan fingerprint density at radius 2 is 2.27 bits per heavy atom. The van der Waals surface area contributed by atoms with Gasteiger partial charge in [-0.2, -0.15) is 0 Å². The SMILES string of the molecule is C=CCC1(C=C)CCCC1O. The third-order valence-corrected chi connectivity index (χ3v) is 2.71. The summed E-state index contributed by atoms with van der Waals surface area (Å²) in [5.74, 6) is 0. The molecule has 2 atom stereocenters. The zero-order chi connectivity index (χ0) is 8.32. The zero-order valence-electron chi connectivity index (χ0n) is 6.92. The molecular formula is C10H16O. The van der Waals surface area contributed by atoms with Crippen LogP contribution >= 0.6 is 0 Å². The van der Waals surface area contributed by atoms with Gasteiger partial charge in [0.2, 0.25) is 0 Å². The molecule has 62 valence electrons. The molecule has 0 radical (unpaired) electrons. The summed E-state index contributed by atoms with van der Waals surface area (Å²) < 4.78 is 0. The van der Waals surface area contributed by atoms with Crippen LogP contribution in [0.2, 0.25) is 0 Å². The highest BCUT2D eigenvalue weighted by Crippen LogP contribution is 2.42. The minimum Gasteiger partial charge on any atom is -0.392 e. The first kappa shape index (κ1) is 8.54. The summed E-state index contributed by atoms with van der Waals surface area (Å²) in [4.78, 5) is 0. The monoisotopic (exact) mass is 152 g/mol. The van der Waals surface area contributed by atoms with Gasteiger partial charge in [0.05, 0.1) is 6.10 Å². The zero-order valence-corrected chi connectivity index (χ0v) is 6.92. The van der Waals surface area contributed by atoms with Gasteiger partial charge in [-0.3, -0.25) is 0 Å². The minimum absolute atomic E-state index is 0.0538. The Kier molecular flexibility index (Phi) is 2.50. The van der Waals surface area contributed by atoms with Crippen molar-refractivity contribution in [3.63, 3.8) is 0 Å². The van der Waals surface area contributed by atoms with Crippen LogP contribution in [-0.4, -0.2) is 11.2 Å². The number of rotatable bonds is 3. The third-order valence-electron chi connectivity index (χ3n) is 2.71. The van der Waals surface area contributed by atoms with Gasteiger partial charge in [-0.25, -0.2) is 0 Å². The van der Waals surface area contributed by atoms with E-state index in [1.54, 1.807) is 0 Å². The first-order valence-electron chi connectivity index (χ1n) is 4.18. The maximum atomic E-state index is 9.65. The highest BCUT2D eigenvalue weighted by Gasteiger charge is 2.37. The molecule has 0 amide bonds. The van der Waals surface area contributed by atoms with E-state index < -0.39 is 0 Å². The van der Waals surface area contributed by atoms with Crippen molar-refractivity contribution in [3.05, 3.63) is 25.3 Å². The van der Waals surface area contributed by atoms with Crippen LogP contribution in [0.3, 0.4) is 0 Å². The van der Waals surface area contributed by atoms with E-state index in [2.05, 4.69) is 13.2 Å². The van der Waals surface area contributed by atoms with E-state index in [-0.39, 0.29) is 11.5 Å². The number of allylic oxidation sites excluding steroid dienone is 1. The van der Waals surface area contributed by atoms with Gasteiger partial charge in [0, 0.05) is 5.41 Å². The van der Waals surface area contributed by atoms with E-state index in [1.165, 1.54) is 0 Å². The second-order valence-corrected chi connectivity index (χ2v) is 3.34. The Bertz CT molecular complexity index is 162. The van der Waals surface area contributed by atoms with Crippen molar-refractivity contribution >= 4 is 0 Å². The summed E-state index contributed by atoms with van der Waals surface area (Å²) in [7, 11) is 0. The Morgan fingerprint density at radius 1 is 1.55 bits per heavy atom. The van der Waals surface area contributed by atoms with Crippen molar-refractivity contribution < 1.29 is 5.11 Å². The minimum atomic E-state index is -0.196. The van der Waals surface area contributed by atoms with Crippen LogP contribution < -0.4 is 0 Å². The lowest BCUT2D eigenvalue weighted by molar-refractivity contribution is 0.0888. The molecule has 1 fully saturated rings. The Balaban J connectivity index is 2.72. The summed E-state index contributed by atoms with van der Waals surface area (Å²) in [5, 5.41) is 9.65. The predicted molar refractivity (Wildman–Crippen MR) is 47.3 cm³/mol. The van der Waals surface area contributed by atoms with Crippen molar-refractivity contribution in [2.75, 3.05) is 0 Å². The molecule has 1 aliphatic rings. The van der Waals surface area contributed by atoms with Gasteiger partial charge in [-0.1, -0.05) is 12.2 Å². The molecule has 1 saturated carbocycles. The van der Waals surface area contributed by atoms with Gasteiger partial charge >= 0.3 is 0 Å². The van der Waals surface area contributed by atoms with Gasteiger partial charge < -0.3 is 5.11 Å². The lowest BCUT2D eigenvalue weighted by Gasteiger charge is -2.27. The second kappa shape index (κ2) is 3.22. The average Bonchev–Trinajstić information content (AvgIpc) is 2.35. The number of hydrogen-bond acceptors (Lipinski definition) is 1. The smallest absolute Gasteiger partial charge is 0.0633 e. The van der Waals surface area contributed by atoms with Crippen LogP contribution in [-0.2, 0) is 0 Å². The van der Waals surface area contributed by atoms with E-state index in [4.69, 9.17) is 0 Å². The molecule has 0 aromatic carbocycles. The highest BCUT2D eigenvalue weighted by atomic mass is 16.3. The molecule has 1 N–H and O–H groups in total. The van der Waals surface area contributed by atoms with Gasteiger partial charge in [-0.05, 0) is 25.7 Å². The van der Waals surface area contributed by atoms with Crippen LogP contribution in [0.1, 0.15) is 25.7 Å². The lowest BCUT2D eigenvalue weighted by Crippen LogP contribution is -2.26. The average molecular weight is 152 g/mol. The Labute approximate surface area is 68.4 Å². The van der Waals surface area contributed by atoms with E-state index in [9.17, 15) is 5.11 Å². The third kappa shape index (κ3) is 1.38. The van der Waals surface area contributed by atoms with Crippen LogP contribution in [0.4, 0.5) is 0 Å². The van der Waals surface area contributed by atoms with Crippen molar-refractivity contribution in [3.8, 4) is 0 Å². The second-order valence-electron chi connectivity index (χ2n) is 3.34. The molecule has 1 aliphatic carbocycles. The molecule has 0 aromatic rings. The maximum Gasteiger partial charge on any atom is 0.0633 e. The quantitative estimate of drug-likeness (QED) is 0.615. The van der Waals surface area contributed by atoms with Crippen molar-refractivity contribution in [2.24, 2.45) is 5.41 Å². The van der Waals surface area contributed by atoms with Gasteiger partial charge in [-0.15, -0.1) is 13.2 Å². The van der Waals surface area contributed by atoms with Crippen molar-refractivity contribution in [1.82, 2.24) is 0 Å². The summed E-state index contributed by atoms with van der Waals surface area (Å²) in [6.07, 6.45) is 7.52. The molecule has 11 heavy (non-hydrogen) atoms. The van der Waals surface area contributed by atoms with E-state index in [0.29, 0.717) is 0 Å². The standard InChI is InChI=1S/C10H16O/c1-3-7-10(4-2)8-5-6-9(10)11/h3-4,9,11H,1-2,5-8H2. The maximum absolute atomic E-state index is 9.65. The molecule has 0 bridgehead atoms. The summed E-state index contributed by atoms with van der Waals surface area (Å²) in [6, 6.07) is 0. The molecule has 2 unspecified atom stereocenters. The van der Waals surface area contributed by atoms with E-state index in [1.807, 2.05) is 12.2 Å². The Morgan fingerprint density at radius 3 is 2.64 bits per heavy atom. The van der Waals surface area contributed by atoms with Crippen LogP contribution in [0.25, 0.3) is 0 Å². The first-order chi connectivity index (χ1) is 5.25. The summed E-state index contributed by atoms with van der Waals surface area (Å²) in [6.45, 7) is 7.47. The van der Waals surface area contributed by atoms with Crippen molar-refractivity contribution in [1.29, 1.82) is 0 Å². The molecule has 0 heterocycles. The molecule has 1 nitrogen and oxygen atoms in total. The fourth-order valence-electron chi connectivity index (χ4n) is 1.91. The van der Waals surface area contributed by atoms with Gasteiger partial charge in [0.15, 0.2) is 0 Å². The first-order valence-corrected chi connectivity index (χ1v) is 4.18. The predicted octanol–water partition coefficient (Wildman–Crippen LogP) is 2.28. The Hall–Kier alpha value is -0.560. The lowest BCUT2D eigenvalue weighted by atomic mass is 9.81. The van der Waals surface area contributed by atoms with Crippen LogP contribution in [0.15, 0.2) is 25.3 Å². The van der Waals surface area contributed by atoms with Gasteiger partial charge in [0.1, 0.15) is 0 Å².